The van der Waals surface area contributed by atoms with Gasteiger partial charge in [0.1, 0.15) is 0 Å². The van der Waals surface area contributed by atoms with Crippen molar-refractivity contribution in [2.45, 2.75) is 26.3 Å². The number of aromatic nitrogens is 1. The number of nitrogens with two attached hydrogens (primary N) is 1. The van der Waals surface area contributed by atoms with E-state index in [9.17, 15) is 4.79 Å². The van der Waals surface area contributed by atoms with Crippen molar-refractivity contribution in [3.8, 4) is 0 Å². The van der Waals surface area contributed by atoms with Crippen LogP contribution in [-0.2, 0) is 0 Å². The highest BCUT2D eigenvalue weighted by molar-refractivity contribution is 9.10. The number of rotatable bonds is 2. The lowest BCUT2D eigenvalue weighted by Crippen LogP contribution is -2.34. The topological polar surface area (TPSA) is 59.2 Å². The van der Waals surface area contributed by atoms with E-state index < -0.39 is 0 Å². The molecule has 1 saturated heterocycles. The highest BCUT2D eigenvalue weighted by Gasteiger charge is 2.32. The van der Waals surface area contributed by atoms with E-state index in [2.05, 4.69) is 27.8 Å². The Morgan fingerprint density at radius 1 is 1.38 bits per heavy atom. The molecule has 3 rings (SSSR count). The molecule has 2 N–H and O–H groups in total. The molecule has 2 heterocycles. The molecule has 4 nitrogen and oxygen atoms in total. The van der Waals surface area contributed by atoms with Crippen LogP contribution in [0, 0.1) is 12.8 Å². The van der Waals surface area contributed by atoms with E-state index in [1.54, 1.807) is 0 Å². The van der Waals surface area contributed by atoms with Crippen molar-refractivity contribution in [1.82, 2.24) is 9.88 Å². The molecule has 0 spiro atoms. The minimum absolute atomic E-state index is 0. The highest BCUT2D eigenvalue weighted by Crippen LogP contribution is 2.28. The van der Waals surface area contributed by atoms with Gasteiger partial charge in [0.2, 0.25) is 0 Å². The summed E-state index contributed by atoms with van der Waals surface area (Å²) in [6, 6.07) is 7.98. The van der Waals surface area contributed by atoms with Crippen LogP contribution < -0.4 is 5.73 Å². The lowest BCUT2D eigenvalue weighted by atomic mass is 10.1. The molecule has 1 aromatic carbocycles. The van der Waals surface area contributed by atoms with Gasteiger partial charge in [-0.25, -0.2) is 0 Å². The summed E-state index contributed by atoms with van der Waals surface area (Å²) in [7, 11) is 0. The quantitative estimate of drug-likeness (QED) is 0.777. The lowest BCUT2D eigenvalue weighted by molar-refractivity contribution is 0.0745. The minimum Gasteiger partial charge on any atom is -0.336 e. The van der Waals surface area contributed by atoms with Crippen molar-refractivity contribution in [3.63, 3.8) is 0 Å². The third kappa shape index (κ3) is 4.02. The van der Waals surface area contributed by atoms with E-state index in [0.717, 1.165) is 39.6 Å². The molecule has 132 valence electrons. The molecule has 0 aliphatic carbocycles. The maximum absolute atomic E-state index is 13.0. The molecule has 0 bridgehead atoms. The number of carbonyl (C=O) groups is 1. The Morgan fingerprint density at radius 2 is 2.08 bits per heavy atom. The lowest BCUT2D eigenvalue weighted by Gasteiger charge is -2.22. The van der Waals surface area contributed by atoms with Crippen LogP contribution in [0.3, 0.4) is 0 Å². The monoisotopic (exact) mass is 433 g/mol. The van der Waals surface area contributed by atoms with E-state index in [-0.39, 0.29) is 36.8 Å². The Bertz CT molecular complexity index is 741. The number of aryl methyl sites for hydroxylation is 1. The van der Waals surface area contributed by atoms with Crippen molar-refractivity contribution in [2.75, 3.05) is 13.1 Å². The van der Waals surface area contributed by atoms with Gasteiger partial charge in [0.25, 0.3) is 5.91 Å². The summed E-state index contributed by atoms with van der Waals surface area (Å²) in [6.07, 6.45) is 0.980. The summed E-state index contributed by atoms with van der Waals surface area (Å²) in [5.41, 5.74) is 8.22. The van der Waals surface area contributed by atoms with Gasteiger partial charge >= 0.3 is 0 Å². The van der Waals surface area contributed by atoms with E-state index in [0.29, 0.717) is 12.5 Å². The van der Waals surface area contributed by atoms with Gasteiger partial charge < -0.3 is 10.6 Å². The van der Waals surface area contributed by atoms with E-state index in [1.807, 2.05) is 36.1 Å². The number of carbonyl (C=O) groups excluding carboxylic acids is 1. The summed E-state index contributed by atoms with van der Waals surface area (Å²) < 4.78 is 0.953. The molecule has 7 heteroatoms. The van der Waals surface area contributed by atoms with Crippen molar-refractivity contribution in [1.29, 1.82) is 0 Å². The van der Waals surface area contributed by atoms with Gasteiger partial charge in [-0.2, -0.15) is 0 Å². The Hall–Kier alpha value is -0.880. The molecule has 2 unspecified atom stereocenters. The van der Waals surface area contributed by atoms with Crippen LogP contribution in [0.4, 0.5) is 0 Å². The molecule has 1 aliphatic rings. The Balaban J connectivity index is 0.00000144. The second-order valence-corrected chi connectivity index (χ2v) is 7.03. The molecule has 1 aromatic heterocycles. The first-order valence-electron chi connectivity index (χ1n) is 7.57. The first-order valence-corrected chi connectivity index (χ1v) is 8.37. The molecule has 1 aliphatic heterocycles. The average Bonchev–Trinajstić information content (AvgIpc) is 2.87. The van der Waals surface area contributed by atoms with Gasteiger partial charge in [0.15, 0.2) is 0 Å². The number of hydrogen-bond donors (Lipinski definition) is 1. The van der Waals surface area contributed by atoms with Gasteiger partial charge in [-0.3, -0.25) is 9.78 Å². The Morgan fingerprint density at radius 3 is 2.71 bits per heavy atom. The van der Waals surface area contributed by atoms with Crippen molar-refractivity contribution in [2.24, 2.45) is 11.7 Å². The number of pyridine rings is 1. The number of fused-ring (bicyclic) bond motifs is 1. The van der Waals surface area contributed by atoms with Crippen molar-refractivity contribution < 1.29 is 4.79 Å². The predicted octanol–water partition coefficient (Wildman–Crippen LogP) is 3.96. The van der Waals surface area contributed by atoms with Crippen molar-refractivity contribution in [3.05, 3.63) is 40.0 Å². The maximum Gasteiger partial charge on any atom is 0.254 e. The zero-order valence-electron chi connectivity index (χ0n) is 13.7. The van der Waals surface area contributed by atoms with Gasteiger partial charge in [0.05, 0.1) is 11.1 Å². The van der Waals surface area contributed by atoms with E-state index in [4.69, 9.17) is 5.73 Å². The third-order valence-electron chi connectivity index (χ3n) is 4.38. The van der Waals surface area contributed by atoms with Gasteiger partial charge in [-0.05, 0) is 57.0 Å². The third-order valence-corrected chi connectivity index (χ3v) is 4.88. The second-order valence-electron chi connectivity index (χ2n) is 6.12. The SMILES string of the molecule is Cc1cc(C(=O)N2CC(CN)CC2C)c2cc(Br)ccc2n1.Cl.Cl. The number of likely N-dealkylation sites (tertiary alicyclic amines) is 1. The number of amides is 1. The van der Waals surface area contributed by atoms with Crippen LogP contribution in [0.1, 0.15) is 29.4 Å². The van der Waals surface area contributed by atoms with Crippen LogP contribution in [-0.4, -0.2) is 34.9 Å². The van der Waals surface area contributed by atoms with Crippen LogP contribution in [0.2, 0.25) is 0 Å². The van der Waals surface area contributed by atoms with Gasteiger partial charge in [-0.15, -0.1) is 24.8 Å². The summed E-state index contributed by atoms with van der Waals surface area (Å²) in [6.45, 7) is 5.40. The Labute approximate surface area is 163 Å². The van der Waals surface area contributed by atoms with Crippen molar-refractivity contribution >= 4 is 57.6 Å². The number of benzene rings is 1. The van der Waals surface area contributed by atoms with Gasteiger partial charge in [-0.1, -0.05) is 15.9 Å². The van der Waals surface area contributed by atoms with Crippen LogP contribution in [0.25, 0.3) is 10.9 Å². The van der Waals surface area contributed by atoms with E-state index in [1.165, 1.54) is 0 Å². The molecule has 0 radical (unpaired) electrons. The normalized spacial score (nSPS) is 19.8. The maximum atomic E-state index is 13.0. The highest BCUT2D eigenvalue weighted by atomic mass is 79.9. The molecular weight excluding hydrogens is 413 g/mol. The number of halogens is 3. The first-order chi connectivity index (χ1) is 10.5. The first kappa shape index (κ1) is 21.2. The summed E-state index contributed by atoms with van der Waals surface area (Å²) in [4.78, 5) is 19.5. The molecule has 2 atom stereocenters. The van der Waals surface area contributed by atoms with E-state index >= 15 is 0 Å². The van der Waals surface area contributed by atoms with Crippen LogP contribution in [0.5, 0.6) is 0 Å². The van der Waals surface area contributed by atoms with Crippen LogP contribution in [0.15, 0.2) is 28.7 Å². The number of hydrogen-bond acceptors (Lipinski definition) is 3. The summed E-state index contributed by atoms with van der Waals surface area (Å²) >= 11 is 3.48. The molecule has 24 heavy (non-hydrogen) atoms. The van der Waals surface area contributed by atoms with Gasteiger partial charge in [0, 0.05) is 28.1 Å². The minimum atomic E-state index is 0. The second kappa shape index (κ2) is 8.48. The molecule has 0 saturated carbocycles. The zero-order chi connectivity index (χ0) is 15.9. The largest absolute Gasteiger partial charge is 0.336 e. The fraction of sp³-hybridized carbons (Fsp3) is 0.412. The molecule has 2 aromatic rings. The fourth-order valence-corrected chi connectivity index (χ4v) is 3.62. The summed E-state index contributed by atoms with van der Waals surface area (Å²) in [5.74, 6) is 0.483. The molecular formula is C17H22BrCl2N3O. The number of nitrogens with zero attached hydrogens (tertiary/aromatic N) is 2. The van der Waals surface area contributed by atoms with Crippen LogP contribution >= 0.6 is 40.7 Å². The molecule has 1 amide bonds. The smallest absolute Gasteiger partial charge is 0.254 e. The molecule has 1 fully saturated rings. The Kier molecular flexibility index (Phi) is 7.47. The zero-order valence-corrected chi connectivity index (χ0v) is 16.9. The fourth-order valence-electron chi connectivity index (χ4n) is 3.26. The average molecular weight is 435 g/mol. The standard InChI is InChI=1S/C17H20BrN3O.2ClH/c1-10-5-15(14-7-13(18)3-4-16(14)20-10)17(22)21-9-12(8-19)6-11(21)2;;/h3-5,7,11-12H,6,8-9,19H2,1-2H3;2*1H. The predicted molar refractivity (Wildman–Crippen MR) is 106 cm³/mol. The summed E-state index contributed by atoms with van der Waals surface area (Å²) in [5, 5.41) is 0.897.